The lowest BCUT2D eigenvalue weighted by atomic mass is 10.2. The van der Waals surface area contributed by atoms with E-state index in [1.54, 1.807) is 11.0 Å². The first-order valence-electron chi connectivity index (χ1n) is 6.33. The van der Waals surface area contributed by atoms with Crippen LogP contribution in [-0.4, -0.2) is 33.3 Å². The zero-order valence-corrected chi connectivity index (χ0v) is 10.4. The molecule has 1 fully saturated rings. The molecule has 0 bridgehead atoms. The van der Waals surface area contributed by atoms with Crippen molar-refractivity contribution in [2.24, 2.45) is 0 Å². The van der Waals surface area contributed by atoms with Crippen LogP contribution < -0.4 is 10.6 Å². The van der Waals surface area contributed by atoms with E-state index >= 15 is 0 Å². The van der Waals surface area contributed by atoms with Crippen molar-refractivity contribution in [3.05, 3.63) is 36.9 Å². The van der Waals surface area contributed by atoms with Gasteiger partial charge in [-0.3, -0.25) is 4.79 Å². The van der Waals surface area contributed by atoms with Gasteiger partial charge in [0.1, 0.15) is 12.7 Å². The van der Waals surface area contributed by atoms with E-state index in [1.165, 1.54) is 6.33 Å². The Morgan fingerprint density at radius 2 is 2.32 bits per heavy atom. The van der Waals surface area contributed by atoms with E-state index in [1.807, 2.05) is 24.3 Å². The van der Waals surface area contributed by atoms with E-state index in [4.69, 9.17) is 0 Å². The van der Waals surface area contributed by atoms with E-state index in [0.717, 1.165) is 30.8 Å². The summed E-state index contributed by atoms with van der Waals surface area (Å²) in [4.78, 5) is 16.0. The molecule has 2 N–H and O–H groups in total. The summed E-state index contributed by atoms with van der Waals surface area (Å²) in [6, 6.07) is 7.46. The maximum Gasteiger partial charge on any atom is 0.241 e. The van der Waals surface area contributed by atoms with Crippen LogP contribution in [-0.2, 0) is 4.79 Å². The molecule has 1 aliphatic heterocycles. The van der Waals surface area contributed by atoms with Crippen LogP contribution in [0.2, 0.25) is 0 Å². The minimum absolute atomic E-state index is 0.00469. The van der Waals surface area contributed by atoms with E-state index in [9.17, 15) is 4.79 Å². The molecule has 1 aliphatic rings. The average Bonchev–Trinajstić information content (AvgIpc) is 3.13. The first-order valence-corrected chi connectivity index (χ1v) is 6.33. The smallest absolute Gasteiger partial charge is 0.241 e. The molecule has 6 heteroatoms. The molecule has 1 aromatic heterocycles. The molecule has 1 saturated heterocycles. The van der Waals surface area contributed by atoms with Gasteiger partial charge in [0.15, 0.2) is 0 Å². The van der Waals surface area contributed by atoms with Gasteiger partial charge in [-0.15, -0.1) is 0 Å². The van der Waals surface area contributed by atoms with E-state index in [0.29, 0.717) is 0 Å². The first-order chi connectivity index (χ1) is 9.34. The molecule has 1 aromatic carbocycles. The van der Waals surface area contributed by atoms with Gasteiger partial charge in [0, 0.05) is 0 Å². The van der Waals surface area contributed by atoms with E-state index < -0.39 is 0 Å². The van der Waals surface area contributed by atoms with Crippen molar-refractivity contribution in [2.45, 2.75) is 18.9 Å². The van der Waals surface area contributed by atoms with Gasteiger partial charge in [-0.1, -0.05) is 12.1 Å². The number of carbonyl (C=O) groups is 1. The summed E-state index contributed by atoms with van der Waals surface area (Å²) in [5, 5.41) is 10.2. The van der Waals surface area contributed by atoms with Gasteiger partial charge >= 0.3 is 0 Å². The van der Waals surface area contributed by atoms with Gasteiger partial charge in [0.2, 0.25) is 5.91 Å². The highest BCUT2D eigenvalue weighted by molar-refractivity contribution is 5.96. The van der Waals surface area contributed by atoms with Gasteiger partial charge in [-0.05, 0) is 31.5 Å². The summed E-state index contributed by atoms with van der Waals surface area (Å²) in [7, 11) is 0. The lowest BCUT2D eigenvalue weighted by Gasteiger charge is -2.14. The van der Waals surface area contributed by atoms with Crippen LogP contribution >= 0.6 is 0 Å². The number of aromatic nitrogens is 3. The molecule has 6 nitrogen and oxygen atoms in total. The Bertz CT molecular complexity index is 560. The standard InChI is InChI=1S/C13H15N5O/c19-13(11-5-3-7-15-11)17-10-4-1-2-6-12(10)18-9-14-8-16-18/h1-2,4,6,8-9,11,15H,3,5,7H2,(H,17,19). The summed E-state index contributed by atoms with van der Waals surface area (Å²) >= 11 is 0. The minimum atomic E-state index is -0.0937. The van der Waals surface area contributed by atoms with Crippen molar-refractivity contribution in [3.8, 4) is 5.69 Å². The molecule has 1 amide bonds. The first kappa shape index (κ1) is 11.9. The van der Waals surface area contributed by atoms with Crippen LogP contribution in [0.4, 0.5) is 5.69 Å². The Kier molecular flexibility index (Phi) is 3.24. The highest BCUT2D eigenvalue weighted by Gasteiger charge is 2.22. The third-order valence-electron chi connectivity index (χ3n) is 3.20. The van der Waals surface area contributed by atoms with Crippen molar-refractivity contribution in [1.82, 2.24) is 20.1 Å². The van der Waals surface area contributed by atoms with Gasteiger partial charge in [-0.25, -0.2) is 9.67 Å². The molecule has 0 radical (unpaired) electrons. The Morgan fingerprint density at radius 3 is 3.05 bits per heavy atom. The number of anilines is 1. The van der Waals surface area contributed by atoms with Crippen LogP contribution in [0.25, 0.3) is 5.69 Å². The van der Waals surface area contributed by atoms with Crippen molar-refractivity contribution in [3.63, 3.8) is 0 Å². The molecule has 1 unspecified atom stereocenters. The Morgan fingerprint density at radius 1 is 1.42 bits per heavy atom. The molecule has 2 heterocycles. The lowest BCUT2D eigenvalue weighted by molar-refractivity contribution is -0.117. The second-order valence-electron chi connectivity index (χ2n) is 4.50. The van der Waals surface area contributed by atoms with Gasteiger partial charge in [0.05, 0.1) is 17.4 Å². The number of hydrogen-bond donors (Lipinski definition) is 2. The molecule has 2 aromatic rings. The largest absolute Gasteiger partial charge is 0.323 e. The van der Waals surface area contributed by atoms with Crippen LogP contribution in [0.15, 0.2) is 36.9 Å². The zero-order valence-electron chi connectivity index (χ0n) is 10.4. The minimum Gasteiger partial charge on any atom is -0.323 e. The number of nitrogens with zero attached hydrogens (tertiary/aromatic N) is 3. The molecule has 0 saturated carbocycles. The maximum atomic E-state index is 12.1. The average molecular weight is 257 g/mol. The van der Waals surface area contributed by atoms with Crippen LogP contribution in [0.1, 0.15) is 12.8 Å². The van der Waals surface area contributed by atoms with Crippen molar-refractivity contribution in [2.75, 3.05) is 11.9 Å². The third-order valence-corrected chi connectivity index (χ3v) is 3.20. The fourth-order valence-electron chi connectivity index (χ4n) is 2.24. The fraction of sp³-hybridized carbons (Fsp3) is 0.308. The molecule has 0 spiro atoms. The summed E-state index contributed by atoms with van der Waals surface area (Å²) in [5.74, 6) is 0.00469. The van der Waals surface area contributed by atoms with Gasteiger partial charge in [-0.2, -0.15) is 5.10 Å². The van der Waals surface area contributed by atoms with Gasteiger partial charge < -0.3 is 10.6 Å². The zero-order chi connectivity index (χ0) is 13.1. The Labute approximate surface area is 110 Å². The topological polar surface area (TPSA) is 71.8 Å². The van der Waals surface area contributed by atoms with E-state index in [2.05, 4.69) is 20.7 Å². The fourth-order valence-corrected chi connectivity index (χ4v) is 2.24. The number of amides is 1. The second-order valence-corrected chi connectivity index (χ2v) is 4.50. The van der Waals surface area contributed by atoms with Crippen molar-refractivity contribution >= 4 is 11.6 Å². The monoisotopic (exact) mass is 257 g/mol. The SMILES string of the molecule is O=C(Nc1ccccc1-n1cncn1)C1CCCN1. The molecule has 19 heavy (non-hydrogen) atoms. The van der Waals surface area contributed by atoms with Crippen LogP contribution in [0.3, 0.4) is 0 Å². The van der Waals surface area contributed by atoms with Crippen LogP contribution in [0, 0.1) is 0 Å². The maximum absolute atomic E-state index is 12.1. The van der Waals surface area contributed by atoms with Gasteiger partial charge in [0.25, 0.3) is 0 Å². The number of para-hydroxylation sites is 2. The third kappa shape index (κ3) is 2.48. The number of nitrogens with one attached hydrogen (secondary N) is 2. The summed E-state index contributed by atoms with van der Waals surface area (Å²) in [6.45, 7) is 0.906. The molecule has 1 atom stereocenters. The van der Waals surface area contributed by atoms with Crippen molar-refractivity contribution < 1.29 is 4.79 Å². The normalized spacial score (nSPS) is 18.4. The van der Waals surface area contributed by atoms with Crippen molar-refractivity contribution in [1.29, 1.82) is 0 Å². The predicted octanol–water partition coefficient (Wildman–Crippen LogP) is 0.958. The number of benzene rings is 1. The summed E-state index contributed by atoms with van der Waals surface area (Å²) < 4.78 is 1.64. The Balaban J connectivity index is 1.83. The molecule has 3 rings (SSSR count). The molecular formula is C13H15N5O. The molecule has 98 valence electrons. The number of carbonyl (C=O) groups excluding carboxylic acids is 1. The summed E-state index contributed by atoms with van der Waals surface area (Å²) in [6.07, 6.45) is 5.01. The Hall–Kier alpha value is -2.21. The number of hydrogen-bond acceptors (Lipinski definition) is 4. The second kappa shape index (κ2) is 5.19. The highest BCUT2D eigenvalue weighted by Crippen LogP contribution is 2.19. The van der Waals surface area contributed by atoms with E-state index in [-0.39, 0.29) is 11.9 Å². The van der Waals surface area contributed by atoms with Crippen LogP contribution in [0.5, 0.6) is 0 Å². The predicted molar refractivity (Wildman–Crippen MR) is 71.0 cm³/mol. The lowest BCUT2D eigenvalue weighted by Crippen LogP contribution is -2.35. The number of rotatable bonds is 3. The quantitative estimate of drug-likeness (QED) is 0.859. The highest BCUT2D eigenvalue weighted by atomic mass is 16.2. The molecular weight excluding hydrogens is 242 g/mol. The molecule has 0 aliphatic carbocycles. The summed E-state index contributed by atoms with van der Waals surface area (Å²) in [5.41, 5.74) is 1.55.